The van der Waals surface area contributed by atoms with Crippen molar-refractivity contribution in [3.8, 4) is 0 Å². The maximum Gasteiger partial charge on any atom is 0.329 e. The van der Waals surface area contributed by atoms with Crippen LogP contribution in [0.3, 0.4) is 0 Å². The van der Waals surface area contributed by atoms with E-state index in [0.717, 1.165) is 5.56 Å². The summed E-state index contributed by atoms with van der Waals surface area (Å²) in [6.45, 7) is 3.28. The number of aryl methyl sites for hydroxylation is 1. The van der Waals surface area contributed by atoms with Gasteiger partial charge in [-0.3, -0.25) is 9.59 Å². The van der Waals surface area contributed by atoms with Crippen LogP contribution >= 0.6 is 11.8 Å². The van der Waals surface area contributed by atoms with Crippen molar-refractivity contribution in [3.05, 3.63) is 35.4 Å². The number of hydrogen-bond acceptors (Lipinski definition) is 5. The number of nitrogens with two attached hydrogens (primary N) is 1. The number of rotatable bonds is 8. The minimum Gasteiger partial charge on any atom is -0.451 e. The predicted molar refractivity (Wildman–Crippen MR) is 90.2 cm³/mol. The van der Waals surface area contributed by atoms with E-state index in [1.165, 1.54) is 6.92 Å². The number of benzene rings is 1. The first-order valence-corrected chi connectivity index (χ1v) is 8.60. The summed E-state index contributed by atoms with van der Waals surface area (Å²) < 4.78 is 4.99. The first-order chi connectivity index (χ1) is 10.8. The van der Waals surface area contributed by atoms with Crippen molar-refractivity contribution in [2.24, 2.45) is 5.73 Å². The maximum absolute atomic E-state index is 12.3. The van der Waals surface area contributed by atoms with E-state index in [1.807, 2.05) is 19.2 Å². The Labute approximate surface area is 140 Å². The lowest BCUT2D eigenvalue weighted by atomic mass is 10.1. The molecule has 1 aromatic carbocycles. The minimum atomic E-state index is -1.03. The minimum absolute atomic E-state index is 0.358. The summed E-state index contributed by atoms with van der Waals surface area (Å²) in [5, 5.41) is 2.66. The average molecular weight is 338 g/mol. The fourth-order valence-electron chi connectivity index (χ4n) is 1.83. The van der Waals surface area contributed by atoms with Gasteiger partial charge in [0, 0.05) is 5.56 Å². The summed E-state index contributed by atoms with van der Waals surface area (Å²) in [4.78, 5) is 35.4. The molecule has 0 aliphatic rings. The highest BCUT2D eigenvalue weighted by atomic mass is 32.2. The molecule has 0 fully saturated rings. The summed E-state index contributed by atoms with van der Waals surface area (Å²) in [6, 6.07) is 6.24. The Morgan fingerprint density at radius 3 is 2.61 bits per heavy atom. The number of nitrogens with one attached hydrogen (secondary N) is 1. The molecule has 3 N–H and O–H groups in total. The summed E-state index contributed by atoms with van der Waals surface area (Å²) in [6.07, 6.45) is 1.27. The van der Waals surface area contributed by atoms with Crippen LogP contribution in [0, 0.1) is 6.92 Å². The van der Waals surface area contributed by atoms with E-state index in [-0.39, 0.29) is 5.91 Å². The van der Waals surface area contributed by atoms with Crippen LogP contribution in [-0.4, -0.2) is 41.9 Å². The Morgan fingerprint density at radius 2 is 2.04 bits per heavy atom. The number of ether oxygens (including phenoxy) is 1. The molecular weight excluding hydrogens is 316 g/mol. The Kier molecular flexibility index (Phi) is 7.61. The van der Waals surface area contributed by atoms with Crippen molar-refractivity contribution in [1.29, 1.82) is 0 Å². The third-order valence-corrected chi connectivity index (χ3v) is 3.82. The predicted octanol–water partition coefficient (Wildman–Crippen LogP) is 1.26. The van der Waals surface area contributed by atoms with Crippen LogP contribution < -0.4 is 11.1 Å². The van der Waals surface area contributed by atoms with E-state index in [0.29, 0.717) is 17.7 Å². The molecule has 0 saturated carbocycles. The molecule has 1 rings (SSSR count). The number of primary amides is 1. The lowest BCUT2D eigenvalue weighted by molar-refractivity contribution is -0.155. The molecule has 7 heteroatoms. The second kappa shape index (κ2) is 9.19. The molecule has 23 heavy (non-hydrogen) atoms. The Balaban J connectivity index is 2.79. The van der Waals surface area contributed by atoms with E-state index in [1.54, 1.807) is 30.0 Å². The fourth-order valence-corrected chi connectivity index (χ4v) is 2.30. The molecule has 0 aliphatic carbocycles. The average Bonchev–Trinajstić information content (AvgIpc) is 2.50. The van der Waals surface area contributed by atoms with Gasteiger partial charge in [-0.15, -0.1) is 0 Å². The van der Waals surface area contributed by atoms with Crippen molar-refractivity contribution in [2.45, 2.75) is 32.4 Å². The fraction of sp³-hybridized carbons (Fsp3) is 0.438. The van der Waals surface area contributed by atoms with Crippen molar-refractivity contribution < 1.29 is 19.1 Å². The third-order valence-electron chi connectivity index (χ3n) is 3.17. The smallest absolute Gasteiger partial charge is 0.329 e. The Hall–Kier alpha value is -2.02. The number of thioether (sulfide) groups is 1. The standard InChI is InChI=1S/C16H22N2O4S/c1-10-5-4-6-12(9-10)15(20)18-13(7-8-23-3)16(21)22-11(2)14(17)19/h4-6,9,11,13H,7-8H2,1-3H3,(H2,17,19)(H,18,20)/t11-,13+/m0/s1. The zero-order valence-electron chi connectivity index (χ0n) is 13.5. The van der Waals surface area contributed by atoms with E-state index >= 15 is 0 Å². The van der Waals surface area contributed by atoms with E-state index in [9.17, 15) is 14.4 Å². The summed E-state index contributed by atoms with van der Waals surface area (Å²) in [5.41, 5.74) is 6.50. The Bertz CT molecular complexity index is 577. The van der Waals surface area contributed by atoms with Gasteiger partial charge in [0.2, 0.25) is 0 Å². The SMILES string of the molecule is CSCC[C@@H](NC(=O)c1cccc(C)c1)C(=O)O[C@@H](C)C(N)=O. The van der Waals surface area contributed by atoms with Gasteiger partial charge in [0.05, 0.1) is 0 Å². The van der Waals surface area contributed by atoms with Crippen molar-refractivity contribution in [2.75, 3.05) is 12.0 Å². The monoisotopic (exact) mass is 338 g/mol. The van der Waals surface area contributed by atoms with Gasteiger partial charge in [-0.2, -0.15) is 11.8 Å². The zero-order chi connectivity index (χ0) is 17.4. The molecule has 0 heterocycles. The first kappa shape index (κ1) is 19.0. The molecule has 0 aromatic heterocycles. The third kappa shape index (κ3) is 6.32. The van der Waals surface area contributed by atoms with Crippen LogP contribution in [0.2, 0.25) is 0 Å². The molecule has 0 saturated heterocycles. The molecule has 2 atom stereocenters. The van der Waals surface area contributed by atoms with Gasteiger partial charge in [0.25, 0.3) is 11.8 Å². The lowest BCUT2D eigenvalue weighted by Gasteiger charge is -2.19. The van der Waals surface area contributed by atoms with Gasteiger partial charge < -0.3 is 15.8 Å². The molecule has 126 valence electrons. The van der Waals surface area contributed by atoms with Gasteiger partial charge in [-0.25, -0.2) is 4.79 Å². The van der Waals surface area contributed by atoms with Crippen molar-refractivity contribution in [3.63, 3.8) is 0 Å². The molecule has 0 aliphatic heterocycles. The molecule has 2 amide bonds. The number of esters is 1. The van der Waals surface area contributed by atoms with Crippen molar-refractivity contribution in [1.82, 2.24) is 5.32 Å². The molecule has 1 aromatic rings. The number of carbonyl (C=O) groups is 3. The lowest BCUT2D eigenvalue weighted by Crippen LogP contribution is -2.44. The highest BCUT2D eigenvalue weighted by Gasteiger charge is 2.25. The topological polar surface area (TPSA) is 98.5 Å². The summed E-state index contributed by atoms with van der Waals surface area (Å²) in [7, 11) is 0. The molecular formula is C16H22N2O4S. The highest BCUT2D eigenvalue weighted by Crippen LogP contribution is 2.08. The highest BCUT2D eigenvalue weighted by molar-refractivity contribution is 7.98. The van der Waals surface area contributed by atoms with E-state index in [2.05, 4.69) is 5.32 Å². The van der Waals surface area contributed by atoms with Gasteiger partial charge >= 0.3 is 5.97 Å². The van der Waals surface area contributed by atoms with E-state index < -0.39 is 24.0 Å². The maximum atomic E-state index is 12.3. The van der Waals surface area contributed by atoms with Gasteiger partial charge in [-0.1, -0.05) is 17.7 Å². The summed E-state index contributed by atoms with van der Waals surface area (Å²) >= 11 is 1.55. The quantitative estimate of drug-likeness (QED) is 0.695. The normalized spacial score (nSPS) is 13.0. The largest absolute Gasteiger partial charge is 0.451 e. The first-order valence-electron chi connectivity index (χ1n) is 7.21. The van der Waals surface area contributed by atoms with Gasteiger partial charge in [0.1, 0.15) is 6.04 Å². The molecule has 6 nitrogen and oxygen atoms in total. The van der Waals surface area contributed by atoms with Gasteiger partial charge in [-0.05, 0) is 44.4 Å². The van der Waals surface area contributed by atoms with Crippen LogP contribution in [-0.2, 0) is 14.3 Å². The summed E-state index contributed by atoms with van der Waals surface area (Å²) in [5.74, 6) is -1.08. The number of hydrogen-bond donors (Lipinski definition) is 2. The molecule has 0 bridgehead atoms. The van der Waals surface area contributed by atoms with Crippen LogP contribution in [0.1, 0.15) is 29.3 Å². The Morgan fingerprint density at radius 1 is 1.35 bits per heavy atom. The van der Waals surface area contributed by atoms with Crippen LogP contribution in [0.5, 0.6) is 0 Å². The van der Waals surface area contributed by atoms with Gasteiger partial charge in [0.15, 0.2) is 6.10 Å². The van der Waals surface area contributed by atoms with Crippen LogP contribution in [0.25, 0.3) is 0 Å². The molecule has 0 spiro atoms. The number of amides is 2. The van der Waals surface area contributed by atoms with Crippen LogP contribution in [0.15, 0.2) is 24.3 Å². The van der Waals surface area contributed by atoms with Crippen LogP contribution in [0.4, 0.5) is 0 Å². The number of carbonyl (C=O) groups excluding carboxylic acids is 3. The van der Waals surface area contributed by atoms with E-state index in [4.69, 9.17) is 10.5 Å². The van der Waals surface area contributed by atoms with Crippen molar-refractivity contribution >= 4 is 29.5 Å². The molecule has 0 radical (unpaired) electrons. The second-order valence-corrected chi connectivity index (χ2v) is 6.14. The molecule has 0 unspecified atom stereocenters. The second-order valence-electron chi connectivity index (χ2n) is 5.16. The zero-order valence-corrected chi connectivity index (χ0v) is 14.3.